The molecule has 38 valence electrons. The maximum atomic E-state index is 9.62. The van der Waals surface area contributed by atoms with Gasteiger partial charge in [-0.05, 0) is 0 Å². The van der Waals surface area contributed by atoms with E-state index in [1.54, 1.807) is 0 Å². The van der Waals surface area contributed by atoms with Crippen molar-refractivity contribution < 1.29 is 14.3 Å². The van der Waals surface area contributed by atoms with Gasteiger partial charge in [0.15, 0.2) is 0 Å². The highest BCUT2D eigenvalue weighted by Crippen LogP contribution is 2.21. The summed E-state index contributed by atoms with van der Waals surface area (Å²) >= 11 is 3.76. The molecule has 0 radical (unpaired) electrons. The van der Waals surface area contributed by atoms with Gasteiger partial charge in [-0.1, -0.05) is 6.72 Å². The third kappa shape index (κ3) is 4.53. The fraction of sp³-hybridized carbons (Fsp3) is 1.00. The fourth-order valence-electron chi connectivity index (χ4n) is 0. The van der Waals surface area contributed by atoms with Gasteiger partial charge in [0.05, 0.1) is 0 Å². The van der Waals surface area contributed by atoms with Gasteiger partial charge in [-0.25, -0.2) is 0 Å². The minimum atomic E-state index is -3.81. The van der Waals surface area contributed by atoms with Crippen molar-refractivity contribution >= 4 is 18.5 Å². The lowest BCUT2D eigenvalue weighted by Crippen LogP contribution is -2.13. The van der Waals surface area contributed by atoms with E-state index in [9.17, 15) is 9.79 Å². The zero-order valence-electron chi connectivity index (χ0n) is 3.08. The molecule has 5 heteroatoms. The average molecular weight is 126 g/mol. The van der Waals surface area contributed by atoms with E-state index in [0.29, 0.717) is 0 Å². The van der Waals surface area contributed by atoms with Crippen molar-refractivity contribution in [3.63, 3.8) is 0 Å². The molecule has 0 spiro atoms. The minimum Gasteiger partial charge on any atom is -0.812 e. The highest BCUT2D eigenvalue weighted by Gasteiger charge is 1.68. The monoisotopic (exact) mass is 126 g/mol. The van der Waals surface area contributed by atoms with E-state index in [2.05, 4.69) is 16.3 Å². The Labute approximate surface area is 40.8 Å². The van der Waals surface area contributed by atoms with Crippen LogP contribution in [0.5, 0.6) is 0 Å². The molecule has 0 unspecified atom stereocenters. The molecule has 0 N–H and O–H groups in total. The topological polar surface area (TPSA) is 55.3 Å². The van der Waals surface area contributed by atoms with E-state index in [4.69, 9.17) is 0 Å². The normalized spacial score (nSPS) is 11.8. The van der Waals surface area contributed by atoms with Gasteiger partial charge in [0, 0.05) is 7.11 Å². The molecule has 6 heavy (non-hydrogen) atoms. The van der Waals surface area contributed by atoms with Crippen LogP contribution in [0.25, 0.3) is 0 Å². The highest BCUT2D eigenvalue weighted by atomic mass is 32.5. The van der Waals surface area contributed by atoms with Crippen molar-refractivity contribution in [2.75, 3.05) is 7.11 Å². The first-order valence-corrected chi connectivity index (χ1v) is 3.69. The average Bonchev–Trinajstić information content (AvgIpc) is 1.35. The lowest BCUT2D eigenvalue weighted by molar-refractivity contribution is -0.319. The summed E-state index contributed by atoms with van der Waals surface area (Å²) in [7, 11) is 1.03. The smallest absolute Gasteiger partial charge is 0.0376 e. The van der Waals surface area contributed by atoms with E-state index >= 15 is 0 Å². The molecule has 0 atom stereocenters. The zero-order chi connectivity index (χ0) is 5.21. The molecule has 0 rings (SSSR count). The summed E-state index contributed by atoms with van der Waals surface area (Å²) in [6, 6.07) is 0. The first-order chi connectivity index (χ1) is 2.56. The first-order valence-electron chi connectivity index (χ1n) is 1.14. The molecular formula is CH3O3PS-2. The van der Waals surface area contributed by atoms with Gasteiger partial charge >= 0.3 is 0 Å². The largest absolute Gasteiger partial charge is 0.812 e. The van der Waals surface area contributed by atoms with Crippen LogP contribution >= 0.6 is 6.72 Å². The molecule has 0 fully saturated rings. The lowest BCUT2D eigenvalue weighted by atomic mass is 11.8. The van der Waals surface area contributed by atoms with Crippen LogP contribution in [-0.2, 0) is 16.3 Å². The Kier molecular flexibility index (Phi) is 2.18. The Hall–Kier alpha value is 0.530. The van der Waals surface area contributed by atoms with Crippen LogP contribution in [-0.4, -0.2) is 7.11 Å². The van der Waals surface area contributed by atoms with Crippen LogP contribution in [0.3, 0.4) is 0 Å². The van der Waals surface area contributed by atoms with Crippen molar-refractivity contribution in [3.8, 4) is 0 Å². The Balaban J connectivity index is 3.48. The standard InChI is InChI=1S/CH5O3PS/c1-4-5(2,3)6/h1H3,(H2,2,3,6)/p-2. The van der Waals surface area contributed by atoms with Crippen molar-refractivity contribution in [2.45, 2.75) is 0 Å². The summed E-state index contributed by atoms with van der Waals surface area (Å²) in [5.41, 5.74) is 0. The quantitative estimate of drug-likeness (QED) is 0.404. The molecule has 0 bridgehead atoms. The van der Waals surface area contributed by atoms with Gasteiger partial charge in [-0.15, -0.1) is 11.8 Å². The molecule has 0 aliphatic carbocycles. The van der Waals surface area contributed by atoms with Crippen LogP contribution in [0.4, 0.5) is 0 Å². The molecule has 0 heterocycles. The van der Waals surface area contributed by atoms with Gasteiger partial charge in [-0.2, -0.15) is 0 Å². The molecule has 0 aromatic heterocycles. The molecule has 0 amide bonds. The summed E-state index contributed by atoms with van der Waals surface area (Å²) in [4.78, 5) is 19.2. The van der Waals surface area contributed by atoms with Crippen LogP contribution in [0.2, 0.25) is 0 Å². The van der Waals surface area contributed by atoms with Gasteiger partial charge < -0.3 is 14.3 Å². The summed E-state index contributed by atoms with van der Waals surface area (Å²) in [5.74, 6) is 0. The fourth-order valence-corrected chi connectivity index (χ4v) is 0. The molecule has 0 aliphatic heterocycles. The maximum absolute atomic E-state index is 9.62. The molecule has 0 saturated carbocycles. The van der Waals surface area contributed by atoms with Crippen molar-refractivity contribution in [2.24, 2.45) is 0 Å². The SMILES string of the molecule is COP([O-])([O-])=S. The Morgan fingerprint density at radius 1 is 1.67 bits per heavy atom. The maximum Gasteiger partial charge on any atom is 0.0376 e. The predicted molar refractivity (Wildman–Crippen MR) is 21.3 cm³/mol. The molecule has 0 aromatic carbocycles. The second-order valence-electron chi connectivity index (χ2n) is 0.630. The van der Waals surface area contributed by atoms with Crippen molar-refractivity contribution in [1.29, 1.82) is 0 Å². The van der Waals surface area contributed by atoms with Crippen molar-refractivity contribution in [3.05, 3.63) is 0 Å². The number of rotatable bonds is 1. The predicted octanol–water partition coefficient (Wildman–Crippen LogP) is -1.42. The van der Waals surface area contributed by atoms with E-state index in [1.807, 2.05) is 0 Å². The molecule has 0 aliphatic rings. The Morgan fingerprint density at radius 3 is 1.83 bits per heavy atom. The second-order valence-corrected chi connectivity index (χ2v) is 3.23. The zero-order valence-corrected chi connectivity index (χ0v) is 4.79. The van der Waals surface area contributed by atoms with Crippen LogP contribution in [0.1, 0.15) is 0 Å². The van der Waals surface area contributed by atoms with Crippen LogP contribution in [0, 0.1) is 0 Å². The molecule has 3 nitrogen and oxygen atoms in total. The Morgan fingerprint density at radius 2 is 1.83 bits per heavy atom. The molecule has 0 saturated heterocycles. The van der Waals surface area contributed by atoms with E-state index in [0.717, 1.165) is 7.11 Å². The van der Waals surface area contributed by atoms with Crippen LogP contribution < -0.4 is 9.79 Å². The van der Waals surface area contributed by atoms with E-state index < -0.39 is 6.72 Å². The van der Waals surface area contributed by atoms with Gasteiger partial charge in [0.2, 0.25) is 0 Å². The summed E-state index contributed by atoms with van der Waals surface area (Å²) < 4.78 is 3.75. The van der Waals surface area contributed by atoms with E-state index in [-0.39, 0.29) is 0 Å². The molecule has 0 aromatic rings. The van der Waals surface area contributed by atoms with Crippen molar-refractivity contribution in [1.82, 2.24) is 0 Å². The third-order valence-electron chi connectivity index (χ3n) is 0.224. The summed E-state index contributed by atoms with van der Waals surface area (Å²) in [6.07, 6.45) is 0. The van der Waals surface area contributed by atoms with Gasteiger partial charge in [-0.3, -0.25) is 0 Å². The summed E-state index contributed by atoms with van der Waals surface area (Å²) in [6.45, 7) is -3.81. The first kappa shape index (κ1) is 6.53. The number of hydrogen-bond acceptors (Lipinski definition) is 4. The Bertz CT molecular complexity index is 74.9. The van der Waals surface area contributed by atoms with E-state index in [1.165, 1.54) is 0 Å². The highest BCUT2D eigenvalue weighted by molar-refractivity contribution is 8.05. The van der Waals surface area contributed by atoms with Gasteiger partial charge in [0.25, 0.3) is 0 Å². The lowest BCUT2D eigenvalue weighted by Gasteiger charge is -2.31. The van der Waals surface area contributed by atoms with Gasteiger partial charge in [0.1, 0.15) is 0 Å². The summed E-state index contributed by atoms with van der Waals surface area (Å²) in [5, 5.41) is 0. The number of hydrogen-bond donors (Lipinski definition) is 0. The van der Waals surface area contributed by atoms with Crippen LogP contribution in [0.15, 0.2) is 0 Å². The minimum absolute atomic E-state index is 1.03. The molecular weight excluding hydrogens is 123 g/mol. The third-order valence-corrected chi connectivity index (χ3v) is 1.12. The second kappa shape index (κ2) is 2.00.